The number of ketones is 2. The number of aliphatic carboxylic acids is 2. The minimum Gasteiger partial charge on any atom is -0.550 e. The fraction of sp³-hybridized carbons (Fsp3) is 0.273. The first kappa shape index (κ1) is 63.3. The topological polar surface area (TPSA) is 205 Å². The molecular weight excluding hydrogens is 1060 g/mol. The molecule has 416 valence electrons. The summed E-state index contributed by atoms with van der Waals surface area (Å²) in [5, 5.41) is 63.1. The number of halogens is 2. The Morgan fingerprint density at radius 1 is 0.432 bits per heavy atom. The van der Waals surface area contributed by atoms with Crippen LogP contribution in [0.1, 0.15) is 121 Å². The molecule has 0 fully saturated rings. The van der Waals surface area contributed by atoms with E-state index in [4.69, 9.17) is 0 Å². The summed E-state index contributed by atoms with van der Waals surface area (Å²) in [7, 11) is 0. The van der Waals surface area contributed by atoms with Crippen molar-refractivity contribution < 1.29 is 58.6 Å². The first-order chi connectivity index (χ1) is 38.3. The van der Waals surface area contributed by atoms with Gasteiger partial charge in [-0.2, -0.15) is 0 Å². The summed E-state index contributed by atoms with van der Waals surface area (Å²) in [5.41, 5.74) is 9.64. The number of rotatable bonds is 24. The summed E-state index contributed by atoms with van der Waals surface area (Å²) in [6, 6.07) is 49.4. The van der Waals surface area contributed by atoms with Gasteiger partial charge in [0, 0.05) is 71.5 Å². The number of carbonyl (C=O) groups is 4. The fourth-order valence-corrected chi connectivity index (χ4v) is 10.4. The van der Waals surface area contributed by atoms with Crippen molar-refractivity contribution in [2.24, 2.45) is 0 Å². The molecule has 12 nitrogen and oxygen atoms in total. The van der Waals surface area contributed by atoms with Gasteiger partial charge in [-0.25, -0.2) is 8.78 Å². The summed E-state index contributed by atoms with van der Waals surface area (Å²) in [4.78, 5) is 50.1. The molecule has 15 heteroatoms. The van der Waals surface area contributed by atoms with Crippen LogP contribution in [0.25, 0.3) is 44.8 Å². The first-order valence-corrected chi connectivity index (χ1v) is 26.8. The summed E-state index contributed by atoms with van der Waals surface area (Å²) in [6.45, 7) is 8.55. The van der Waals surface area contributed by atoms with E-state index in [0.717, 1.165) is 45.0 Å². The van der Waals surface area contributed by atoms with Crippen molar-refractivity contribution >= 4 is 61.2 Å². The van der Waals surface area contributed by atoms with Crippen LogP contribution in [0.15, 0.2) is 170 Å². The summed E-state index contributed by atoms with van der Waals surface area (Å²) >= 11 is 0. The van der Waals surface area contributed by atoms with Gasteiger partial charge in [-0.05, 0) is 108 Å². The van der Waals surface area contributed by atoms with Gasteiger partial charge >= 0.3 is 37.7 Å². The van der Waals surface area contributed by atoms with Crippen LogP contribution in [0, 0.1) is 11.6 Å². The van der Waals surface area contributed by atoms with Gasteiger partial charge in [-0.1, -0.05) is 149 Å². The predicted octanol–water partition coefficient (Wildman–Crippen LogP) is 9.53. The van der Waals surface area contributed by atoms with E-state index in [1.165, 1.54) is 24.3 Å². The molecule has 0 unspecified atom stereocenters. The van der Waals surface area contributed by atoms with Gasteiger partial charge in [0.2, 0.25) is 0 Å². The Balaban J connectivity index is 0.000000258. The van der Waals surface area contributed by atoms with Crippen LogP contribution < -0.4 is 10.2 Å². The second-order valence-electron chi connectivity index (χ2n) is 20.5. The number of aromatic nitrogens is 2. The second kappa shape index (κ2) is 29.7. The molecule has 8 rings (SSSR count). The maximum Gasteiger partial charge on any atom is 2.00 e. The number of benzene rings is 6. The number of hydrogen-bond donors (Lipinski definition) is 4. The van der Waals surface area contributed by atoms with Gasteiger partial charge in [0.1, 0.15) is 11.6 Å². The molecule has 0 amide bonds. The molecule has 0 saturated heterocycles. The van der Waals surface area contributed by atoms with E-state index in [-0.39, 0.29) is 112 Å². The van der Waals surface area contributed by atoms with Crippen LogP contribution in [-0.2, 0) is 22.7 Å². The molecule has 0 aliphatic rings. The number of carbonyl (C=O) groups excluding carboxylic acids is 4. The molecule has 0 radical (unpaired) electrons. The number of nitrogens with zero attached hydrogens (tertiary/aromatic N) is 2. The maximum absolute atomic E-state index is 14.2. The van der Waals surface area contributed by atoms with E-state index in [1.54, 1.807) is 48.5 Å². The third-order valence-corrected chi connectivity index (χ3v) is 13.9. The van der Waals surface area contributed by atoms with E-state index in [2.05, 4.69) is 0 Å². The quantitative estimate of drug-likeness (QED) is 0.0333. The Morgan fingerprint density at radius 3 is 1.01 bits per heavy atom. The summed E-state index contributed by atoms with van der Waals surface area (Å²) < 4.78 is 32.0. The predicted molar refractivity (Wildman–Crippen MR) is 306 cm³/mol. The number of aliphatic hydroxyl groups is 4. The van der Waals surface area contributed by atoms with Crippen molar-refractivity contribution in [2.45, 2.75) is 116 Å². The fourth-order valence-electron chi connectivity index (χ4n) is 10.4. The summed E-state index contributed by atoms with van der Waals surface area (Å²) in [5.74, 6) is -4.02. The molecule has 0 spiro atoms. The Morgan fingerprint density at radius 2 is 0.728 bits per heavy atom. The molecule has 2 aromatic heterocycles. The van der Waals surface area contributed by atoms with Crippen molar-refractivity contribution in [1.29, 1.82) is 0 Å². The molecule has 4 N–H and O–H groups in total. The molecule has 0 saturated carbocycles. The van der Waals surface area contributed by atoms with Crippen molar-refractivity contribution in [1.82, 2.24) is 9.13 Å². The van der Waals surface area contributed by atoms with Crippen LogP contribution in [0.3, 0.4) is 0 Å². The SMILES string of the molecule is CC(C)c1c(C(=O)c2ccccc2)c(-c2ccccc2)c(-c2ccc(F)cc2)n1CC[C@@H](O)C[C@@H](O)CC(=O)[O-].CC(C)c1c(C(=O)c2ccccc2)c(-c2ccccc2)c(-c2ccc(F)cc2)n1CC[C@@H](O)C[C@@H](O)CC(=O)[O-].[Ca+2]. The van der Waals surface area contributed by atoms with Gasteiger partial charge in [-0.15, -0.1) is 0 Å². The third kappa shape index (κ3) is 16.2. The maximum atomic E-state index is 14.2. The largest absolute Gasteiger partial charge is 2.00 e. The smallest absolute Gasteiger partial charge is 0.550 e. The summed E-state index contributed by atoms with van der Waals surface area (Å²) in [6.07, 6.45) is -5.45. The minimum atomic E-state index is -1.39. The van der Waals surface area contributed by atoms with Crippen molar-refractivity contribution in [3.05, 3.63) is 215 Å². The van der Waals surface area contributed by atoms with Crippen molar-refractivity contribution in [2.75, 3.05) is 0 Å². The van der Waals surface area contributed by atoms with E-state index in [0.29, 0.717) is 33.4 Å². The van der Waals surface area contributed by atoms with E-state index >= 15 is 0 Å². The Hall–Kier alpha value is -6.88. The number of aliphatic hydroxyl groups excluding tert-OH is 4. The molecule has 0 bridgehead atoms. The van der Waals surface area contributed by atoms with Gasteiger partial charge in [-0.3, -0.25) is 9.59 Å². The number of carboxylic acids is 2. The van der Waals surface area contributed by atoms with Crippen molar-refractivity contribution in [3.63, 3.8) is 0 Å². The van der Waals surface area contributed by atoms with Crippen LogP contribution in [0.5, 0.6) is 0 Å². The molecular formula is C66H66CaF2N2O10. The average molecular weight is 1130 g/mol. The standard InChI is InChI=1S/2C33H34FNO5.Ca/c2*1-21(2)31-30(33(40)24-11-7-4-8-12-24)29(22-9-5-3-6-10-22)32(23-13-15-25(34)16-14-23)35(31)18-17-26(36)19-27(37)20-28(38)39;/h2*3-16,21,26-27,36-37H,17-20H2,1-2H3,(H,38,39);/q;;+2/p-2/t2*26-,27-;/m11./s1. The zero-order valence-corrected chi connectivity index (χ0v) is 48.1. The van der Waals surface area contributed by atoms with Gasteiger partial charge in [0.15, 0.2) is 11.6 Å². The van der Waals surface area contributed by atoms with Crippen LogP contribution in [0.4, 0.5) is 8.78 Å². The first-order valence-electron chi connectivity index (χ1n) is 26.8. The molecule has 2 heterocycles. The number of carboxylic acid groups (broad SMARTS) is 2. The number of hydrogen-bond acceptors (Lipinski definition) is 10. The van der Waals surface area contributed by atoms with Gasteiger partial charge in [0.25, 0.3) is 0 Å². The van der Waals surface area contributed by atoms with E-state index in [9.17, 15) is 58.6 Å². The molecule has 6 aromatic carbocycles. The van der Waals surface area contributed by atoms with Crippen LogP contribution in [-0.4, -0.2) is 115 Å². The Labute approximate surface area is 501 Å². The molecule has 8 aromatic rings. The second-order valence-corrected chi connectivity index (χ2v) is 20.5. The van der Waals surface area contributed by atoms with Gasteiger partial charge in [0.05, 0.1) is 46.9 Å². The molecule has 0 aliphatic heterocycles. The molecule has 81 heavy (non-hydrogen) atoms. The monoisotopic (exact) mass is 1120 g/mol. The normalized spacial score (nSPS) is 12.7. The van der Waals surface area contributed by atoms with Gasteiger partial charge < -0.3 is 49.4 Å². The zero-order chi connectivity index (χ0) is 57.6. The Kier molecular flexibility index (Phi) is 23.2. The van der Waals surface area contributed by atoms with Crippen molar-refractivity contribution in [3.8, 4) is 44.8 Å². The third-order valence-electron chi connectivity index (χ3n) is 13.9. The average Bonchev–Trinajstić information content (AvgIpc) is 3.98. The molecule has 0 aliphatic carbocycles. The Bertz CT molecular complexity index is 3120. The van der Waals surface area contributed by atoms with E-state index < -0.39 is 49.2 Å². The van der Waals surface area contributed by atoms with E-state index in [1.807, 2.05) is 134 Å². The molecule has 4 atom stereocenters. The zero-order valence-electron chi connectivity index (χ0n) is 45.9. The minimum absolute atomic E-state index is 0. The van der Waals surface area contributed by atoms with Crippen LogP contribution >= 0.6 is 0 Å². The van der Waals surface area contributed by atoms with Crippen LogP contribution in [0.2, 0.25) is 0 Å².